The standard InChI is InChI=1S/C19H16ClN3O3/c1-26-18(24)10-16(12-6-8-13(20)9-7-12)23-19(25)17-11-21-14-4-2-3-5-15(14)22-17/h2-9,11,16H,10H2,1H3,(H,23,25). The summed E-state index contributed by atoms with van der Waals surface area (Å²) in [4.78, 5) is 32.9. The molecule has 0 bridgehead atoms. The third-order valence-electron chi connectivity index (χ3n) is 3.86. The summed E-state index contributed by atoms with van der Waals surface area (Å²) in [6, 6.07) is 13.6. The van der Waals surface area contributed by atoms with Gasteiger partial charge in [-0.15, -0.1) is 0 Å². The number of nitrogens with one attached hydrogen (secondary N) is 1. The van der Waals surface area contributed by atoms with Crippen molar-refractivity contribution in [3.63, 3.8) is 0 Å². The van der Waals surface area contributed by atoms with Crippen LogP contribution in [0.15, 0.2) is 54.7 Å². The number of benzene rings is 2. The predicted octanol–water partition coefficient (Wildman–Crippen LogP) is 3.32. The monoisotopic (exact) mass is 369 g/mol. The first-order valence-corrected chi connectivity index (χ1v) is 8.29. The summed E-state index contributed by atoms with van der Waals surface area (Å²) >= 11 is 5.91. The van der Waals surface area contributed by atoms with Crippen molar-refractivity contribution < 1.29 is 14.3 Å². The van der Waals surface area contributed by atoms with Crippen LogP contribution in [0.4, 0.5) is 0 Å². The molecule has 1 amide bonds. The number of methoxy groups -OCH3 is 1. The highest BCUT2D eigenvalue weighted by atomic mass is 35.5. The van der Waals surface area contributed by atoms with E-state index in [-0.39, 0.29) is 12.1 Å². The van der Waals surface area contributed by atoms with E-state index in [0.29, 0.717) is 16.1 Å². The lowest BCUT2D eigenvalue weighted by atomic mass is 10.0. The van der Waals surface area contributed by atoms with E-state index in [1.807, 2.05) is 18.2 Å². The van der Waals surface area contributed by atoms with Crippen LogP contribution in [0.2, 0.25) is 5.02 Å². The molecule has 26 heavy (non-hydrogen) atoms. The van der Waals surface area contributed by atoms with E-state index < -0.39 is 17.9 Å². The summed E-state index contributed by atoms with van der Waals surface area (Å²) in [5, 5.41) is 3.38. The topological polar surface area (TPSA) is 81.2 Å². The summed E-state index contributed by atoms with van der Waals surface area (Å²) in [7, 11) is 1.30. The largest absolute Gasteiger partial charge is 0.469 e. The third kappa shape index (κ3) is 4.15. The quantitative estimate of drug-likeness (QED) is 0.698. The van der Waals surface area contributed by atoms with Crippen LogP contribution in [0.3, 0.4) is 0 Å². The Morgan fingerprint density at radius 1 is 1.12 bits per heavy atom. The van der Waals surface area contributed by atoms with Gasteiger partial charge in [-0.2, -0.15) is 0 Å². The first-order chi connectivity index (χ1) is 12.6. The normalized spacial score (nSPS) is 11.8. The zero-order chi connectivity index (χ0) is 18.5. The Bertz CT molecular complexity index is 944. The van der Waals surface area contributed by atoms with Gasteiger partial charge < -0.3 is 10.1 Å². The maximum atomic E-state index is 12.6. The molecule has 1 aromatic heterocycles. The minimum Gasteiger partial charge on any atom is -0.469 e. The Balaban J connectivity index is 1.85. The SMILES string of the molecule is COC(=O)CC(NC(=O)c1cnc2ccccc2n1)c1ccc(Cl)cc1. The first-order valence-electron chi connectivity index (χ1n) is 7.92. The number of amides is 1. The molecule has 3 rings (SSSR count). The Kier molecular flexibility index (Phi) is 5.43. The van der Waals surface area contributed by atoms with Crippen LogP contribution < -0.4 is 5.32 Å². The summed E-state index contributed by atoms with van der Waals surface area (Å²) in [5.41, 5.74) is 2.23. The second-order valence-electron chi connectivity index (χ2n) is 5.60. The number of aromatic nitrogens is 2. The van der Waals surface area contributed by atoms with Gasteiger partial charge in [0, 0.05) is 5.02 Å². The van der Waals surface area contributed by atoms with Gasteiger partial charge in [0.15, 0.2) is 0 Å². The van der Waals surface area contributed by atoms with Crippen LogP contribution >= 0.6 is 11.6 Å². The van der Waals surface area contributed by atoms with E-state index >= 15 is 0 Å². The van der Waals surface area contributed by atoms with Crippen LogP contribution in [0.1, 0.15) is 28.5 Å². The van der Waals surface area contributed by atoms with E-state index in [0.717, 1.165) is 5.56 Å². The molecule has 0 aliphatic rings. The van der Waals surface area contributed by atoms with Crippen molar-refractivity contribution >= 4 is 34.5 Å². The van der Waals surface area contributed by atoms with Gasteiger partial charge in [0.05, 0.1) is 36.8 Å². The highest BCUT2D eigenvalue weighted by Gasteiger charge is 2.20. The smallest absolute Gasteiger partial charge is 0.307 e. The van der Waals surface area contributed by atoms with Gasteiger partial charge in [-0.1, -0.05) is 35.9 Å². The highest BCUT2D eigenvalue weighted by molar-refractivity contribution is 6.30. The number of fused-ring (bicyclic) bond motifs is 1. The summed E-state index contributed by atoms with van der Waals surface area (Å²) in [6.07, 6.45) is 1.40. The average Bonchev–Trinajstić information content (AvgIpc) is 2.67. The van der Waals surface area contributed by atoms with Crippen molar-refractivity contribution in [2.24, 2.45) is 0 Å². The fourth-order valence-electron chi connectivity index (χ4n) is 2.50. The molecule has 0 radical (unpaired) electrons. The Labute approximate surface area is 155 Å². The lowest BCUT2D eigenvalue weighted by molar-refractivity contribution is -0.141. The molecule has 1 heterocycles. The van der Waals surface area contributed by atoms with E-state index in [2.05, 4.69) is 15.3 Å². The molecule has 132 valence electrons. The minimum atomic E-state index is -0.569. The molecule has 7 heteroatoms. The molecule has 6 nitrogen and oxygen atoms in total. The molecule has 3 aromatic rings. The van der Waals surface area contributed by atoms with E-state index in [9.17, 15) is 9.59 Å². The number of ether oxygens (including phenoxy) is 1. The Morgan fingerprint density at radius 3 is 2.50 bits per heavy atom. The van der Waals surface area contributed by atoms with Gasteiger partial charge in [0.25, 0.3) is 5.91 Å². The first kappa shape index (κ1) is 17.8. The maximum Gasteiger partial charge on any atom is 0.307 e. The van der Waals surface area contributed by atoms with Crippen molar-refractivity contribution in [2.75, 3.05) is 7.11 Å². The van der Waals surface area contributed by atoms with Crippen LogP contribution in [0, 0.1) is 0 Å². The Morgan fingerprint density at radius 2 is 1.81 bits per heavy atom. The molecular weight excluding hydrogens is 354 g/mol. The maximum absolute atomic E-state index is 12.6. The molecule has 0 aliphatic heterocycles. The molecule has 1 atom stereocenters. The van der Waals surface area contributed by atoms with Crippen molar-refractivity contribution in [1.29, 1.82) is 0 Å². The van der Waals surface area contributed by atoms with Crippen LogP contribution in [-0.2, 0) is 9.53 Å². The number of esters is 1. The number of rotatable bonds is 5. The third-order valence-corrected chi connectivity index (χ3v) is 4.11. The Hall–Kier alpha value is -2.99. The fraction of sp³-hybridized carbons (Fsp3) is 0.158. The van der Waals surface area contributed by atoms with Gasteiger partial charge in [0.2, 0.25) is 0 Å². The predicted molar refractivity (Wildman–Crippen MR) is 97.8 cm³/mol. The number of para-hydroxylation sites is 2. The number of hydrogen-bond donors (Lipinski definition) is 1. The van der Waals surface area contributed by atoms with Gasteiger partial charge >= 0.3 is 5.97 Å². The van der Waals surface area contributed by atoms with Crippen LogP contribution in [0.5, 0.6) is 0 Å². The number of hydrogen-bond acceptors (Lipinski definition) is 5. The number of nitrogens with zero attached hydrogens (tertiary/aromatic N) is 2. The van der Waals surface area contributed by atoms with Gasteiger partial charge in [-0.3, -0.25) is 14.6 Å². The van der Waals surface area contributed by atoms with Crippen molar-refractivity contribution in [2.45, 2.75) is 12.5 Å². The molecule has 0 saturated heterocycles. The molecule has 1 N–H and O–H groups in total. The summed E-state index contributed by atoms with van der Waals surface area (Å²) < 4.78 is 4.73. The second-order valence-corrected chi connectivity index (χ2v) is 6.04. The van der Waals surface area contributed by atoms with E-state index in [1.54, 1.807) is 30.3 Å². The molecule has 1 unspecified atom stereocenters. The number of carbonyl (C=O) groups excluding carboxylic acids is 2. The molecule has 0 fully saturated rings. The van der Waals surface area contributed by atoms with E-state index in [1.165, 1.54) is 13.3 Å². The molecule has 2 aromatic carbocycles. The van der Waals surface area contributed by atoms with Gasteiger partial charge in [0.1, 0.15) is 5.69 Å². The molecular formula is C19H16ClN3O3. The van der Waals surface area contributed by atoms with Crippen molar-refractivity contribution in [1.82, 2.24) is 15.3 Å². The summed E-state index contributed by atoms with van der Waals surface area (Å²) in [6.45, 7) is 0. The number of halogens is 1. The van der Waals surface area contributed by atoms with E-state index in [4.69, 9.17) is 16.3 Å². The van der Waals surface area contributed by atoms with Crippen molar-refractivity contribution in [3.05, 3.63) is 71.0 Å². The lowest BCUT2D eigenvalue weighted by Gasteiger charge is -2.18. The number of carbonyl (C=O) groups is 2. The fourth-order valence-corrected chi connectivity index (χ4v) is 2.62. The lowest BCUT2D eigenvalue weighted by Crippen LogP contribution is -2.31. The highest BCUT2D eigenvalue weighted by Crippen LogP contribution is 2.20. The van der Waals surface area contributed by atoms with Crippen molar-refractivity contribution in [3.8, 4) is 0 Å². The van der Waals surface area contributed by atoms with Gasteiger partial charge in [-0.25, -0.2) is 4.98 Å². The molecule has 0 aliphatic carbocycles. The minimum absolute atomic E-state index is 0.00905. The zero-order valence-corrected chi connectivity index (χ0v) is 14.7. The average molecular weight is 370 g/mol. The summed E-state index contributed by atoms with van der Waals surface area (Å²) in [5.74, 6) is -0.859. The zero-order valence-electron chi connectivity index (χ0n) is 14.0. The molecule has 0 spiro atoms. The molecule has 0 saturated carbocycles. The second kappa shape index (κ2) is 7.93. The van der Waals surface area contributed by atoms with Crippen LogP contribution in [-0.4, -0.2) is 29.0 Å². The van der Waals surface area contributed by atoms with Crippen LogP contribution in [0.25, 0.3) is 11.0 Å². The van der Waals surface area contributed by atoms with Gasteiger partial charge in [-0.05, 0) is 29.8 Å².